The molecule has 32 heavy (non-hydrogen) atoms. The SMILES string of the molecule is Cc1nn(-c2ccc(NCCNS(=O)(=O)c3ccc(OC(F)(F)F)cc3)nn2)c(C)c1C. The summed E-state index contributed by atoms with van der Waals surface area (Å²) in [5, 5.41) is 15.5. The summed E-state index contributed by atoms with van der Waals surface area (Å²) in [6.45, 7) is 6.05. The van der Waals surface area contributed by atoms with Crippen LogP contribution < -0.4 is 14.8 Å². The number of nitrogens with one attached hydrogen (secondary N) is 2. The fourth-order valence-corrected chi connectivity index (χ4v) is 3.79. The second-order valence-electron chi connectivity index (χ2n) is 6.83. The van der Waals surface area contributed by atoms with Crippen molar-refractivity contribution in [3.8, 4) is 11.6 Å². The Kier molecular flexibility index (Phi) is 6.69. The van der Waals surface area contributed by atoms with Crippen LogP contribution in [0.15, 0.2) is 41.3 Å². The number of benzene rings is 1. The van der Waals surface area contributed by atoms with E-state index >= 15 is 0 Å². The molecule has 0 spiro atoms. The number of rotatable bonds is 8. The van der Waals surface area contributed by atoms with Crippen LogP contribution in [0.25, 0.3) is 5.82 Å². The minimum absolute atomic E-state index is 0.0171. The van der Waals surface area contributed by atoms with Gasteiger partial charge in [0, 0.05) is 18.8 Å². The Morgan fingerprint density at radius 1 is 1.00 bits per heavy atom. The maximum absolute atomic E-state index is 12.3. The Bertz CT molecular complexity index is 1180. The first-order valence-corrected chi connectivity index (χ1v) is 10.9. The molecule has 0 radical (unpaired) electrons. The maximum Gasteiger partial charge on any atom is 0.573 e. The zero-order chi connectivity index (χ0) is 23.5. The Balaban J connectivity index is 1.52. The normalized spacial score (nSPS) is 12.1. The molecule has 0 aliphatic carbocycles. The van der Waals surface area contributed by atoms with E-state index in [1.165, 1.54) is 0 Å². The number of aromatic nitrogens is 4. The molecule has 3 rings (SSSR count). The summed E-state index contributed by atoms with van der Waals surface area (Å²) in [6, 6.07) is 7.36. The van der Waals surface area contributed by atoms with Gasteiger partial charge >= 0.3 is 6.36 Å². The second kappa shape index (κ2) is 9.12. The van der Waals surface area contributed by atoms with E-state index in [-0.39, 0.29) is 18.0 Å². The van der Waals surface area contributed by atoms with E-state index in [0.29, 0.717) is 11.6 Å². The van der Waals surface area contributed by atoms with Gasteiger partial charge in [-0.2, -0.15) is 5.10 Å². The third-order valence-electron chi connectivity index (χ3n) is 4.61. The van der Waals surface area contributed by atoms with Crippen LogP contribution >= 0.6 is 0 Å². The molecule has 13 heteroatoms. The number of aryl methyl sites for hydroxylation is 1. The number of anilines is 1. The fourth-order valence-electron chi connectivity index (χ4n) is 2.76. The van der Waals surface area contributed by atoms with Gasteiger partial charge in [0.25, 0.3) is 0 Å². The minimum Gasteiger partial charge on any atom is -0.406 e. The van der Waals surface area contributed by atoms with Crippen molar-refractivity contribution in [3.63, 3.8) is 0 Å². The number of alkyl halides is 3. The lowest BCUT2D eigenvalue weighted by atomic mass is 10.2. The monoisotopic (exact) mass is 470 g/mol. The van der Waals surface area contributed by atoms with Crippen LogP contribution in [0, 0.1) is 20.8 Å². The number of hydrogen-bond donors (Lipinski definition) is 2. The lowest BCUT2D eigenvalue weighted by Crippen LogP contribution is -2.29. The molecular weight excluding hydrogens is 449 g/mol. The molecular formula is C19H21F3N6O3S. The van der Waals surface area contributed by atoms with Crippen molar-refractivity contribution in [3.05, 3.63) is 53.3 Å². The van der Waals surface area contributed by atoms with Crippen molar-refractivity contribution in [1.29, 1.82) is 0 Å². The summed E-state index contributed by atoms with van der Waals surface area (Å²) in [6.07, 6.45) is -4.85. The first-order chi connectivity index (χ1) is 15.0. The Labute approximate surface area is 182 Å². The molecule has 0 aliphatic heterocycles. The van der Waals surface area contributed by atoms with Gasteiger partial charge in [0.05, 0.1) is 10.6 Å². The van der Waals surface area contributed by atoms with Gasteiger partial charge in [-0.15, -0.1) is 23.4 Å². The summed E-state index contributed by atoms with van der Waals surface area (Å²) in [5.41, 5.74) is 2.94. The molecule has 3 aromatic rings. The van der Waals surface area contributed by atoms with E-state index < -0.39 is 22.1 Å². The van der Waals surface area contributed by atoms with Gasteiger partial charge in [-0.05, 0) is 62.7 Å². The van der Waals surface area contributed by atoms with Crippen LogP contribution in [0.1, 0.15) is 17.0 Å². The number of ether oxygens (including phenoxy) is 1. The summed E-state index contributed by atoms with van der Waals surface area (Å²) < 4.78 is 68.9. The molecule has 0 unspecified atom stereocenters. The average molecular weight is 470 g/mol. The lowest BCUT2D eigenvalue weighted by Gasteiger charge is -2.11. The molecule has 0 amide bonds. The van der Waals surface area contributed by atoms with E-state index in [1.807, 2.05) is 20.8 Å². The molecule has 172 valence electrons. The minimum atomic E-state index is -4.85. The van der Waals surface area contributed by atoms with Crippen LogP contribution in [-0.2, 0) is 10.0 Å². The molecule has 0 bridgehead atoms. The van der Waals surface area contributed by atoms with Crippen LogP contribution in [0.3, 0.4) is 0 Å². The van der Waals surface area contributed by atoms with Gasteiger partial charge in [0.15, 0.2) is 5.82 Å². The van der Waals surface area contributed by atoms with Crippen molar-refractivity contribution in [2.75, 3.05) is 18.4 Å². The average Bonchev–Trinajstić information content (AvgIpc) is 2.98. The quantitative estimate of drug-likeness (QED) is 0.487. The molecule has 0 saturated carbocycles. The largest absolute Gasteiger partial charge is 0.573 e. The smallest absolute Gasteiger partial charge is 0.406 e. The predicted molar refractivity (Wildman–Crippen MR) is 110 cm³/mol. The summed E-state index contributed by atoms with van der Waals surface area (Å²) in [4.78, 5) is -0.184. The van der Waals surface area contributed by atoms with E-state index in [4.69, 9.17) is 0 Å². The highest BCUT2D eigenvalue weighted by molar-refractivity contribution is 7.89. The van der Waals surface area contributed by atoms with Crippen LogP contribution in [0.2, 0.25) is 0 Å². The maximum atomic E-state index is 12.3. The van der Waals surface area contributed by atoms with Crippen LogP contribution in [0.5, 0.6) is 5.75 Å². The standard InChI is InChI=1S/C19H21F3N6O3S/c1-12-13(2)27-28(14(12)3)18-9-8-17(25-26-18)23-10-11-24-32(29,30)16-6-4-15(5-7-16)31-19(20,21)22/h4-9,24H,10-11H2,1-3H3,(H,23,25). The van der Waals surface area contributed by atoms with E-state index in [1.54, 1.807) is 16.8 Å². The molecule has 1 aromatic carbocycles. The van der Waals surface area contributed by atoms with Crippen LogP contribution in [-0.4, -0.2) is 47.8 Å². The highest BCUT2D eigenvalue weighted by Gasteiger charge is 2.31. The molecule has 2 N–H and O–H groups in total. The number of halogens is 3. The van der Waals surface area contributed by atoms with Gasteiger partial charge in [-0.25, -0.2) is 17.8 Å². The van der Waals surface area contributed by atoms with E-state index in [2.05, 4.69) is 30.1 Å². The second-order valence-corrected chi connectivity index (χ2v) is 8.60. The Morgan fingerprint density at radius 2 is 1.69 bits per heavy atom. The topological polar surface area (TPSA) is 111 Å². The molecule has 2 heterocycles. The predicted octanol–water partition coefficient (Wildman–Crippen LogP) is 2.88. The first-order valence-electron chi connectivity index (χ1n) is 9.42. The lowest BCUT2D eigenvalue weighted by molar-refractivity contribution is -0.274. The van der Waals surface area contributed by atoms with Crippen molar-refractivity contribution in [2.24, 2.45) is 0 Å². The van der Waals surface area contributed by atoms with Crippen molar-refractivity contribution < 1.29 is 26.3 Å². The van der Waals surface area contributed by atoms with Crippen molar-refractivity contribution >= 4 is 15.8 Å². The third kappa shape index (κ3) is 5.73. The zero-order valence-electron chi connectivity index (χ0n) is 17.4. The first kappa shape index (κ1) is 23.5. The van der Waals surface area contributed by atoms with Crippen molar-refractivity contribution in [1.82, 2.24) is 24.7 Å². The van der Waals surface area contributed by atoms with Gasteiger partial charge < -0.3 is 10.1 Å². The van der Waals surface area contributed by atoms with Gasteiger partial charge in [-0.1, -0.05) is 0 Å². The molecule has 0 fully saturated rings. The van der Waals surface area contributed by atoms with E-state index in [9.17, 15) is 21.6 Å². The van der Waals surface area contributed by atoms with E-state index in [0.717, 1.165) is 41.2 Å². The molecule has 2 aromatic heterocycles. The third-order valence-corrected chi connectivity index (χ3v) is 6.09. The fraction of sp³-hybridized carbons (Fsp3) is 0.316. The highest BCUT2D eigenvalue weighted by Crippen LogP contribution is 2.23. The van der Waals surface area contributed by atoms with Crippen LogP contribution in [0.4, 0.5) is 19.0 Å². The molecule has 0 atom stereocenters. The van der Waals surface area contributed by atoms with Gasteiger partial charge in [-0.3, -0.25) is 0 Å². The number of nitrogens with zero attached hydrogens (tertiary/aromatic N) is 4. The zero-order valence-corrected chi connectivity index (χ0v) is 18.3. The molecule has 9 nitrogen and oxygen atoms in total. The summed E-state index contributed by atoms with van der Waals surface area (Å²) in [7, 11) is -3.90. The number of sulfonamides is 1. The van der Waals surface area contributed by atoms with Gasteiger partial charge in [0.2, 0.25) is 10.0 Å². The summed E-state index contributed by atoms with van der Waals surface area (Å²) >= 11 is 0. The Morgan fingerprint density at radius 3 is 2.22 bits per heavy atom. The molecule has 0 saturated heterocycles. The van der Waals surface area contributed by atoms with Gasteiger partial charge in [0.1, 0.15) is 11.6 Å². The highest BCUT2D eigenvalue weighted by atomic mass is 32.2. The van der Waals surface area contributed by atoms with Crippen molar-refractivity contribution in [2.45, 2.75) is 32.0 Å². The molecule has 0 aliphatic rings. The summed E-state index contributed by atoms with van der Waals surface area (Å²) in [5.74, 6) is 0.499. The Hall–Kier alpha value is -3.19. The number of hydrogen-bond acceptors (Lipinski definition) is 7.